The number of aromatic nitrogens is 1. The van der Waals surface area contributed by atoms with Gasteiger partial charge >= 0.3 is 0 Å². The second-order valence-corrected chi connectivity index (χ2v) is 7.59. The summed E-state index contributed by atoms with van der Waals surface area (Å²) < 4.78 is 7.47. The summed E-state index contributed by atoms with van der Waals surface area (Å²) in [5.74, 6) is 0.0681. The van der Waals surface area contributed by atoms with Gasteiger partial charge in [-0.15, -0.1) is 0 Å². The molecule has 3 rings (SSSR count). The average Bonchev–Trinajstić information content (AvgIpc) is 3.21. The van der Waals surface area contributed by atoms with Crippen LogP contribution in [0.3, 0.4) is 0 Å². The van der Waals surface area contributed by atoms with Crippen molar-refractivity contribution in [2.45, 2.75) is 38.8 Å². The number of carbonyl (C=O) groups excluding carboxylic acids is 1. The third-order valence-electron chi connectivity index (χ3n) is 5.47. The number of ether oxygens (including phenoxy) is 1. The van der Waals surface area contributed by atoms with Crippen LogP contribution in [-0.4, -0.2) is 35.6 Å². The molecule has 0 saturated carbocycles. The minimum Gasteiger partial charge on any atom is -0.385 e. The molecule has 0 bridgehead atoms. The number of amides is 1. The van der Waals surface area contributed by atoms with Crippen molar-refractivity contribution in [2.24, 2.45) is 0 Å². The van der Waals surface area contributed by atoms with Gasteiger partial charge in [-0.25, -0.2) is 0 Å². The summed E-state index contributed by atoms with van der Waals surface area (Å²) in [7, 11) is 1.70. The van der Waals surface area contributed by atoms with E-state index in [9.17, 15) is 4.79 Å². The molecule has 0 saturated heterocycles. The van der Waals surface area contributed by atoms with Crippen LogP contribution < -0.4 is 0 Å². The first kappa shape index (κ1) is 21.8. The van der Waals surface area contributed by atoms with Crippen LogP contribution in [0.15, 0.2) is 79.0 Å². The van der Waals surface area contributed by atoms with E-state index >= 15 is 0 Å². The van der Waals surface area contributed by atoms with E-state index in [0.29, 0.717) is 19.7 Å². The molecule has 1 aromatic heterocycles. The normalized spacial score (nSPS) is 11.9. The van der Waals surface area contributed by atoms with E-state index in [1.165, 1.54) is 5.56 Å². The number of nitrogens with zero attached hydrogens (tertiary/aromatic N) is 2. The molecule has 0 unspecified atom stereocenters. The van der Waals surface area contributed by atoms with E-state index in [4.69, 9.17) is 4.74 Å². The maximum absolute atomic E-state index is 13.5. The van der Waals surface area contributed by atoms with Crippen molar-refractivity contribution in [3.63, 3.8) is 0 Å². The molecular weight excluding hydrogens is 372 g/mol. The van der Waals surface area contributed by atoms with Gasteiger partial charge in [0.15, 0.2) is 0 Å². The first-order valence-electron chi connectivity index (χ1n) is 10.7. The highest BCUT2D eigenvalue weighted by Gasteiger charge is 2.25. The molecule has 158 valence electrons. The Kier molecular flexibility index (Phi) is 8.28. The third kappa shape index (κ3) is 5.83. The summed E-state index contributed by atoms with van der Waals surface area (Å²) in [4.78, 5) is 15.5. The van der Waals surface area contributed by atoms with Crippen LogP contribution in [0, 0.1) is 0 Å². The zero-order valence-electron chi connectivity index (χ0n) is 18.0. The lowest BCUT2D eigenvalue weighted by Crippen LogP contribution is -2.36. The van der Waals surface area contributed by atoms with E-state index in [2.05, 4.69) is 66.2 Å². The van der Waals surface area contributed by atoms with Gasteiger partial charge in [0.1, 0.15) is 0 Å². The lowest BCUT2D eigenvalue weighted by molar-refractivity contribution is -0.133. The van der Waals surface area contributed by atoms with Crippen molar-refractivity contribution < 1.29 is 9.53 Å². The molecule has 0 spiro atoms. The number of hydrogen-bond acceptors (Lipinski definition) is 2. The number of rotatable bonds is 11. The summed E-state index contributed by atoms with van der Waals surface area (Å²) in [5.41, 5.74) is 3.48. The van der Waals surface area contributed by atoms with E-state index in [-0.39, 0.29) is 11.8 Å². The van der Waals surface area contributed by atoms with Crippen LogP contribution in [0.1, 0.15) is 42.5 Å². The highest BCUT2D eigenvalue weighted by Crippen LogP contribution is 2.23. The molecule has 0 aliphatic carbocycles. The zero-order valence-corrected chi connectivity index (χ0v) is 18.0. The molecule has 4 heteroatoms. The van der Waals surface area contributed by atoms with Crippen molar-refractivity contribution >= 4 is 5.91 Å². The molecule has 30 heavy (non-hydrogen) atoms. The van der Waals surface area contributed by atoms with Gasteiger partial charge in [-0.3, -0.25) is 4.79 Å². The average molecular weight is 405 g/mol. The van der Waals surface area contributed by atoms with Gasteiger partial charge in [-0.05, 0) is 36.1 Å². The number of methoxy groups -OCH3 is 1. The molecule has 0 aliphatic rings. The van der Waals surface area contributed by atoms with Crippen molar-refractivity contribution in [3.05, 3.63) is 95.8 Å². The summed E-state index contributed by atoms with van der Waals surface area (Å²) >= 11 is 0. The molecule has 0 aliphatic heterocycles. The molecule has 1 atom stereocenters. The topological polar surface area (TPSA) is 34.5 Å². The van der Waals surface area contributed by atoms with Crippen molar-refractivity contribution in [2.75, 3.05) is 20.3 Å². The molecule has 1 amide bonds. The zero-order chi connectivity index (χ0) is 21.2. The van der Waals surface area contributed by atoms with Crippen molar-refractivity contribution in [3.8, 4) is 0 Å². The maximum Gasteiger partial charge on any atom is 0.230 e. The van der Waals surface area contributed by atoms with Gasteiger partial charge in [-0.1, -0.05) is 67.6 Å². The Morgan fingerprint density at radius 2 is 1.70 bits per heavy atom. The van der Waals surface area contributed by atoms with Gasteiger partial charge in [-0.2, -0.15) is 0 Å². The van der Waals surface area contributed by atoms with Crippen LogP contribution in [-0.2, 0) is 22.6 Å². The summed E-state index contributed by atoms with van der Waals surface area (Å²) in [6, 6.07) is 24.7. The standard InChI is InChI=1S/C26H32N2O2/c1-3-25(23-14-8-5-9-15-23)26(29)28(18-11-19-30-2)21-24-16-10-17-27(24)20-22-12-6-4-7-13-22/h4-10,12-17,25H,3,11,18-21H2,1-2H3/t25-/m1/s1. The lowest BCUT2D eigenvalue weighted by atomic mass is 9.95. The number of carbonyl (C=O) groups is 1. The smallest absolute Gasteiger partial charge is 0.230 e. The quantitative estimate of drug-likeness (QED) is 0.417. The van der Waals surface area contributed by atoms with E-state index in [0.717, 1.165) is 30.6 Å². The predicted molar refractivity (Wildman–Crippen MR) is 121 cm³/mol. The third-order valence-corrected chi connectivity index (χ3v) is 5.47. The van der Waals surface area contributed by atoms with Crippen molar-refractivity contribution in [1.82, 2.24) is 9.47 Å². The first-order valence-corrected chi connectivity index (χ1v) is 10.7. The van der Waals surface area contributed by atoms with Crippen LogP contribution >= 0.6 is 0 Å². The minimum absolute atomic E-state index is 0.119. The van der Waals surface area contributed by atoms with Gasteiger partial charge in [0.25, 0.3) is 0 Å². The van der Waals surface area contributed by atoms with E-state index in [1.54, 1.807) is 7.11 Å². The second-order valence-electron chi connectivity index (χ2n) is 7.59. The molecule has 2 aromatic carbocycles. The molecule has 0 fully saturated rings. The van der Waals surface area contributed by atoms with Crippen LogP contribution in [0.2, 0.25) is 0 Å². The van der Waals surface area contributed by atoms with Crippen LogP contribution in [0.5, 0.6) is 0 Å². The molecule has 0 radical (unpaired) electrons. The molecule has 4 nitrogen and oxygen atoms in total. The fourth-order valence-corrected chi connectivity index (χ4v) is 3.85. The summed E-state index contributed by atoms with van der Waals surface area (Å²) in [6.07, 6.45) is 3.70. The van der Waals surface area contributed by atoms with E-state index in [1.807, 2.05) is 29.2 Å². The summed E-state index contributed by atoms with van der Waals surface area (Å²) in [6.45, 7) is 4.83. The molecule has 0 N–H and O–H groups in total. The Bertz CT molecular complexity index is 890. The van der Waals surface area contributed by atoms with Gasteiger partial charge in [0.2, 0.25) is 5.91 Å². The molecule has 1 heterocycles. The van der Waals surface area contributed by atoms with E-state index < -0.39 is 0 Å². The Morgan fingerprint density at radius 1 is 1.00 bits per heavy atom. The fourth-order valence-electron chi connectivity index (χ4n) is 3.85. The number of benzene rings is 2. The van der Waals surface area contributed by atoms with Gasteiger partial charge < -0.3 is 14.2 Å². The minimum atomic E-state index is -0.119. The van der Waals surface area contributed by atoms with Crippen LogP contribution in [0.4, 0.5) is 0 Å². The Hall–Kier alpha value is -2.85. The molecule has 3 aromatic rings. The Balaban J connectivity index is 1.79. The van der Waals surface area contributed by atoms with Crippen molar-refractivity contribution in [1.29, 1.82) is 0 Å². The predicted octanol–water partition coefficient (Wildman–Crippen LogP) is 5.10. The van der Waals surface area contributed by atoms with Gasteiger partial charge in [0.05, 0.1) is 12.5 Å². The monoisotopic (exact) mass is 404 g/mol. The van der Waals surface area contributed by atoms with Crippen LogP contribution in [0.25, 0.3) is 0 Å². The highest BCUT2D eigenvalue weighted by molar-refractivity contribution is 5.83. The second kappa shape index (κ2) is 11.4. The largest absolute Gasteiger partial charge is 0.385 e. The number of hydrogen-bond donors (Lipinski definition) is 0. The summed E-state index contributed by atoms with van der Waals surface area (Å²) in [5, 5.41) is 0. The SMILES string of the molecule is CC[C@@H](C(=O)N(CCCOC)Cc1cccn1Cc1ccccc1)c1ccccc1. The fraction of sp³-hybridized carbons (Fsp3) is 0.346. The van der Waals surface area contributed by atoms with Gasteiger partial charge in [0, 0.05) is 38.7 Å². The Morgan fingerprint density at radius 3 is 2.37 bits per heavy atom. The first-order chi connectivity index (χ1) is 14.7. The Labute approximate surface area is 180 Å². The lowest BCUT2D eigenvalue weighted by Gasteiger charge is -2.28. The highest BCUT2D eigenvalue weighted by atomic mass is 16.5. The molecular formula is C26H32N2O2. The maximum atomic E-state index is 13.5.